The highest BCUT2D eigenvalue weighted by atomic mass is 32.2. The van der Waals surface area contributed by atoms with Crippen LogP contribution in [0.3, 0.4) is 0 Å². The molecule has 2 aromatic rings. The summed E-state index contributed by atoms with van der Waals surface area (Å²) in [6.45, 7) is 2.93. The lowest BCUT2D eigenvalue weighted by Gasteiger charge is -2.20. The molecule has 28 heavy (non-hydrogen) atoms. The van der Waals surface area contributed by atoms with Crippen molar-refractivity contribution in [1.29, 1.82) is 0 Å². The predicted octanol–water partition coefficient (Wildman–Crippen LogP) is 2.72. The summed E-state index contributed by atoms with van der Waals surface area (Å²) in [6, 6.07) is 8.05. The summed E-state index contributed by atoms with van der Waals surface area (Å²) in [5, 5.41) is 2.78. The van der Waals surface area contributed by atoms with Gasteiger partial charge in [0.1, 0.15) is 12.1 Å². The highest BCUT2D eigenvalue weighted by molar-refractivity contribution is 7.91. The molecule has 0 radical (unpaired) electrons. The number of aromatic nitrogens is 2. The number of carbonyl (C=O) groups excluding carboxylic acids is 1. The molecule has 7 nitrogen and oxygen atoms in total. The number of hydrogen-bond acceptors (Lipinski definition) is 6. The molecule has 1 aliphatic heterocycles. The van der Waals surface area contributed by atoms with Gasteiger partial charge in [0.2, 0.25) is 0 Å². The Balaban J connectivity index is 1.91. The zero-order chi connectivity index (χ0) is 20.0. The first-order valence-corrected chi connectivity index (χ1v) is 10.8. The molecule has 1 aromatic carbocycles. The second-order valence-electron chi connectivity index (χ2n) is 6.51. The Kier molecular flexibility index (Phi) is 6.53. The van der Waals surface area contributed by atoms with Gasteiger partial charge in [0.05, 0.1) is 10.6 Å². The first-order chi connectivity index (χ1) is 13.5. The maximum absolute atomic E-state index is 12.9. The van der Waals surface area contributed by atoms with Gasteiger partial charge >= 0.3 is 0 Å². The van der Waals surface area contributed by atoms with Crippen LogP contribution in [-0.4, -0.2) is 43.3 Å². The van der Waals surface area contributed by atoms with Crippen LogP contribution in [0.25, 0.3) is 5.57 Å². The Morgan fingerprint density at radius 3 is 2.54 bits per heavy atom. The summed E-state index contributed by atoms with van der Waals surface area (Å²) in [6.07, 6.45) is 6.54. The Morgan fingerprint density at radius 1 is 1.21 bits per heavy atom. The van der Waals surface area contributed by atoms with Gasteiger partial charge in [-0.2, -0.15) is 0 Å². The van der Waals surface area contributed by atoms with Crippen molar-refractivity contribution in [3.8, 4) is 0 Å². The fourth-order valence-corrected chi connectivity index (χ4v) is 3.86. The number of carbonyl (C=O) groups is 1. The Labute approximate surface area is 164 Å². The monoisotopic (exact) mass is 401 g/mol. The van der Waals surface area contributed by atoms with Gasteiger partial charge in [0, 0.05) is 25.0 Å². The lowest BCUT2D eigenvalue weighted by molar-refractivity contribution is -0.111. The molecule has 0 aliphatic carbocycles. The van der Waals surface area contributed by atoms with Gasteiger partial charge in [-0.05, 0) is 42.5 Å². The van der Waals surface area contributed by atoms with Crippen LogP contribution >= 0.6 is 0 Å². The number of hydrogen-bond donors (Lipinski definition) is 1. The van der Waals surface area contributed by atoms with Gasteiger partial charge in [-0.1, -0.05) is 25.1 Å². The van der Waals surface area contributed by atoms with Gasteiger partial charge in [0.25, 0.3) is 5.91 Å². The number of nitrogens with zero attached hydrogens (tertiary/aromatic N) is 2. The third-order valence-electron chi connectivity index (χ3n) is 4.64. The van der Waals surface area contributed by atoms with Gasteiger partial charge < -0.3 is 10.1 Å². The largest absolute Gasteiger partial charge is 0.381 e. The van der Waals surface area contributed by atoms with Crippen molar-refractivity contribution in [1.82, 2.24) is 9.97 Å². The topological polar surface area (TPSA) is 98.2 Å². The normalized spacial score (nSPS) is 16.0. The molecular weight excluding hydrogens is 378 g/mol. The van der Waals surface area contributed by atoms with Crippen molar-refractivity contribution >= 4 is 27.1 Å². The number of amides is 1. The molecule has 1 aromatic heterocycles. The minimum absolute atomic E-state index is 0.0331. The van der Waals surface area contributed by atoms with Crippen LogP contribution < -0.4 is 5.32 Å². The van der Waals surface area contributed by atoms with Gasteiger partial charge in [-0.25, -0.2) is 18.4 Å². The zero-order valence-electron chi connectivity index (χ0n) is 15.7. The second-order valence-corrected chi connectivity index (χ2v) is 8.78. The van der Waals surface area contributed by atoms with Crippen molar-refractivity contribution in [2.75, 3.05) is 24.3 Å². The van der Waals surface area contributed by atoms with E-state index in [-0.39, 0.29) is 22.5 Å². The molecule has 0 atom stereocenters. The molecular formula is C20H23N3O4S. The number of allylic oxidation sites excluding steroid dienone is 1. The van der Waals surface area contributed by atoms with E-state index in [9.17, 15) is 13.2 Å². The minimum atomic E-state index is -3.29. The molecule has 0 spiro atoms. The number of anilines is 1. The van der Waals surface area contributed by atoms with Crippen LogP contribution in [0.5, 0.6) is 0 Å². The summed E-state index contributed by atoms with van der Waals surface area (Å²) in [4.78, 5) is 21.1. The molecule has 1 aliphatic rings. The first-order valence-electron chi connectivity index (χ1n) is 9.19. The first kappa shape index (κ1) is 20.2. The number of nitrogens with one attached hydrogen (secondary N) is 1. The van der Waals surface area contributed by atoms with Crippen LogP contribution in [0.2, 0.25) is 0 Å². The van der Waals surface area contributed by atoms with Crippen LogP contribution in [0.1, 0.15) is 25.3 Å². The van der Waals surface area contributed by atoms with Crippen LogP contribution in [0, 0.1) is 5.92 Å². The van der Waals surface area contributed by atoms with E-state index in [2.05, 4.69) is 15.3 Å². The van der Waals surface area contributed by atoms with Crippen molar-refractivity contribution in [2.45, 2.75) is 24.7 Å². The fourth-order valence-electron chi connectivity index (χ4n) is 2.98. The van der Waals surface area contributed by atoms with Crippen LogP contribution in [0.15, 0.2) is 53.8 Å². The number of benzene rings is 1. The Morgan fingerprint density at radius 2 is 1.93 bits per heavy atom. The van der Waals surface area contributed by atoms with E-state index in [1.54, 1.807) is 43.5 Å². The maximum Gasteiger partial charge on any atom is 0.257 e. The van der Waals surface area contributed by atoms with Crippen LogP contribution in [-0.2, 0) is 19.4 Å². The van der Waals surface area contributed by atoms with E-state index < -0.39 is 9.84 Å². The van der Waals surface area contributed by atoms with E-state index in [1.165, 1.54) is 6.33 Å². The standard InChI is InChI=1S/C20H23N3O4S/c1-2-28(25,26)17-5-3-16(4-6-17)18(13-15-8-11-27-12-9-15)20(24)23-19-7-10-21-14-22-19/h3-7,10,13-15H,2,8-9,11-12H2,1H3,(H,21,22,23,24)/b18-13+. The fraction of sp³-hybridized carbons (Fsp3) is 0.350. The summed E-state index contributed by atoms with van der Waals surface area (Å²) in [7, 11) is -3.29. The van der Waals surface area contributed by atoms with E-state index in [0.29, 0.717) is 30.2 Å². The Hall–Kier alpha value is -2.58. The number of sulfone groups is 1. The number of rotatable bonds is 6. The average Bonchev–Trinajstić information content (AvgIpc) is 2.73. The van der Waals surface area contributed by atoms with E-state index in [1.807, 2.05) is 6.08 Å². The van der Waals surface area contributed by atoms with E-state index >= 15 is 0 Å². The molecule has 8 heteroatoms. The molecule has 3 rings (SSSR count). The van der Waals surface area contributed by atoms with Crippen LogP contribution in [0.4, 0.5) is 5.82 Å². The summed E-state index contributed by atoms with van der Waals surface area (Å²) < 4.78 is 29.5. The predicted molar refractivity (Wildman–Crippen MR) is 106 cm³/mol. The average molecular weight is 401 g/mol. The van der Waals surface area contributed by atoms with Crippen molar-refractivity contribution < 1.29 is 17.9 Å². The molecule has 2 heterocycles. The molecule has 1 fully saturated rings. The zero-order valence-corrected chi connectivity index (χ0v) is 16.5. The van der Waals surface area contributed by atoms with E-state index in [0.717, 1.165) is 12.8 Å². The highest BCUT2D eigenvalue weighted by Crippen LogP contribution is 2.25. The third kappa shape index (κ3) is 5.02. The third-order valence-corrected chi connectivity index (χ3v) is 6.39. The van der Waals surface area contributed by atoms with Gasteiger partial charge in [-0.3, -0.25) is 4.79 Å². The molecule has 0 bridgehead atoms. The summed E-state index contributed by atoms with van der Waals surface area (Å²) in [5.41, 5.74) is 1.15. The van der Waals surface area contributed by atoms with Crippen molar-refractivity contribution in [3.05, 3.63) is 54.5 Å². The molecule has 0 unspecified atom stereocenters. The summed E-state index contributed by atoms with van der Waals surface area (Å²) >= 11 is 0. The SMILES string of the molecule is CCS(=O)(=O)c1ccc(/C(=C\C2CCOCC2)C(=O)Nc2ccncn2)cc1. The second kappa shape index (κ2) is 9.07. The molecule has 1 amide bonds. The minimum Gasteiger partial charge on any atom is -0.381 e. The van der Waals surface area contributed by atoms with Crippen molar-refractivity contribution in [3.63, 3.8) is 0 Å². The molecule has 1 N–H and O–H groups in total. The van der Waals surface area contributed by atoms with Gasteiger partial charge in [-0.15, -0.1) is 0 Å². The molecule has 148 valence electrons. The smallest absolute Gasteiger partial charge is 0.257 e. The quantitative estimate of drug-likeness (QED) is 0.748. The maximum atomic E-state index is 12.9. The summed E-state index contributed by atoms with van der Waals surface area (Å²) in [5.74, 6) is 0.365. The highest BCUT2D eigenvalue weighted by Gasteiger charge is 2.19. The lowest BCUT2D eigenvalue weighted by atomic mass is 9.94. The lowest BCUT2D eigenvalue weighted by Crippen LogP contribution is -2.18. The Bertz CT molecular complexity index is 935. The van der Waals surface area contributed by atoms with Crippen molar-refractivity contribution in [2.24, 2.45) is 5.92 Å². The van der Waals surface area contributed by atoms with Gasteiger partial charge in [0.15, 0.2) is 9.84 Å². The number of ether oxygens (including phenoxy) is 1. The molecule has 1 saturated heterocycles. The van der Waals surface area contributed by atoms with E-state index in [4.69, 9.17) is 4.74 Å². The molecule has 0 saturated carbocycles.